The highest BCUT2D eigenvalue weighted by molar-refractivity contribution is 6.31. The first-order chi connectivity index (χ1) is 9.20. The van der Waals surface area contributed by atoms with Gasteiger partial charge in [0.1, 0.15) is 5.75 Å². The lowest BCUT2D eigenvalue weighted by Crippen LogP contribution is -2.26. The molecule has 1 fully saturated rings. The Hall–Kier alpha value is -1.26. The fourth-order valence-electron chi connectivity index (χ4n) is 2.15. The molecule has 2 rings (SSSR count). The summed E-state index contributed by atoms with van der Waals surface area (Å²) >= 11 is 5.90. The highest BCUT2D eigenvalue weighted by Crippen LogP contribution is 2.22. The first kappa shape index (κ1) is 14.2. The van der Waals surface area contributed by atoms with Gasteiger partial charge >= 0.3 is 0 Å². The van der Waals surface area contributed by atoms with Crippen LogP contribution in [0.4, 0.5) is 0 Å². The minimum atomic E-state index is -0.154. The van der Waals surface area contributed by atoms with Crippen LogP contribution in [0.5, 0.6) is 5.75 Å². The summed E-state index contributed by atoms with van der Waals surface area (Å²) in [5.41, 5.74) is 0.470. The number of halogens is 1. The molecule has 0 radical (unpaired) electrons. The molecule has 0 aromatic heterocycles. The monoisotopic (exact) mass is 283 g/mol. The smallest absolute Gasteiger partial charge is 0.255 e. The number of ether oxygens (including phenoxy) is 2. The molecule has 0 saturated carbocycles. The lowest BCUT2D eigenvalue weighted by Gasteiger charge is -2.11. The lowest BCUT2D eigenvalue weighted by molar-refractivity contribution is 0.0947. The topological polar surface area (TPSA) is 47.6 Å². The predicted molar refractivity (Wildman–Crippen MR) is 73.9 cm³/mol. The molecule has 0 bridgehead atoms. The second-order valence-corrected chi connectivity index (χ2v) is 5.06. The van der Waals surface area contributed by atoms with E-state index in [4.69, 9.17) is 21.1 Å². The maximum Gasteiger partial charge on any atom is 0.255 e. The second kappa shape index (κ2) is 6.78. The summed E-state index contributed by atoms with van der Waals surface area (Å²) in [6.45, 7) is 2.28. The van der Waals surface area contributed by atoms with E-state index in [1.54, 1.807) is 18.2 Å². The van der Waals surface area contributed by atoms with Crippen molar-refractivity contribution < 1.29 is 14.3 Å². The largest absolute Gasteiger partial charge is 0.496 e. The molecule has 1 atom stereocenters. The molecule has 1 heterocycles. The Kier molecular flexibility index (Phi) is 5.05. The van der Waals surface area contributed by atoms with Gasteiger partial charge in [0.2, 0.25) is 0 Å². The molecular formula is C14H18ClNO3. The Morgan fingerprint density at radius 2 is 2.42 bits per heavy atom. The van der Waals surface area contributed by atoms with Crippen molar-refractivity contribution in [1.29, 1.82) is 0 Å². The molecule has 0 aliphatic carbocycles. The number of nitrogens with one attached hydrogen (secondary N) is 1. The van der Waals surface area contributed by atoms with Gasteiger partial charge in [0, 0.05) is 24.8 Å². The molecule has 1 saturated heterocycles. The van der Waals surface area contributed by atoms with Crippen molar-refractivity contribution in [2.24, 2.45) is 5.92 Å². The standard InChI is InChI=1S/C14H18ClNO3/c1-18-13-3-2-11(15)8-12(13)14(17)16-6-4-10-5-7-19-9-10/h2-3,8,10H,4-7,9H2,1H3,(H,16,17)/t10-/m1/s1. The Morgan fingerprint density at radius 1 is 1.58 bits per heavy atom. The van der Waals surface area contributed by atoms with Crippen LogP contribution >= 0.6 is 11.6 Å². The first-order valence-electron chi connectivity index (χ1n) is 6.40. The van der Waals surface area contributed by atoms with Crippen molar-refractivity contribution in [3.8, 4) is 5.75 Å². The van der Waals surface area contributed by atoms with Crippen LogP contribution in [0.3, 0.4) is 0 Å². The van der Waals surface area contributed by atoms with Crippen molar-refractivity contribution >= 4 is 17.5 Å². The van der Waals surface area contributed by atoms with Crippen molar-refractivity contribution in [2.45, 2.75) is 12.8 Å². The number of rotatable bonds is 5. The third-order valence-corrected chi connectivity index (χ3v) is 3.50. The summed E-state index contributed by atoms with van der Waals surface area (Å²) in [7, 11) is 1.54. The third-order valence-electron chi connectivity index (χ3n) is 3.27. The van der Waals surface area contributed by atoms with Gasteiger partial charge in [0.25, 0.3) is 5.91 Å². The van der Waals surface area contributed by atoms with Crippen molar-refractivity contribution in [3.63, 3.8) is 0 Å². The number of carbonyl (C=O) groups excluding carboxylic acids is 1. The van der Waals surface area contributed by atoms with Crippen molar-refractivity contribution in [1.82, 2.24) is 5.32 Å². The minimum absolute atomic E-state index is 0.154. The molecule has 5 heteroatoms. The molecule has 1 aliphatic heterocycles. The van der Waals surface area contributed by atoms with E-state index in [2.05, 4.69) is 5.32 Å². The highest BCUT2D eigenvalue weighted by Gasteiger charge is 2.17. The van der Waals surface area contributed by atoms with Gasteiger partial charge in [-0.3, -0.25) is 4.79 Å². The molecule has 0 unspecified atom stereocenters. The number of carbonyl (C=O) groups is 1. The number of hydrogen-bond donors (Lipinski definition) is 1. The normalized spacial score (nSPS) is 18.3. The van der Waals surface area contributed by atoms with Crippen LogP contribution in [0.2, 0.25) is 5.02 Å². The van der Waals surface area contributed by atoms with Crippen LogP contribution in [0.15, 0.2) is 18.2 Å². The summed E-state index contributed by atoms with van der Waals surface area (Å²) < 4.78 is 10.5. The van der Waals surface area contributed by atoms with E-state index >= 15 is 0 Å². The number of hydrogen-bond acceptors (Lipinski definition) is 3. The van der Waals surface area contributed by atoms with E-state index in [1.807, 2.05) is 0 Å². The van der Waals surface area contributed by atoms with E-state index in [1.165, 1.54) is 7.11 Å². The van der Waals surface area contributed by atoms with Gasteiger partial charge in [-0.25, -0.2) is 0 Å². The van der Waals surface area contributed by atoms with E-state index in [0.717, 1.165) is 26.1 Å². The van der Waals surface area contributed by atoms with Gasteiger partial charge in [0.15, 0.2) is 0 Å². The molecular weight excluding hydrogens is 266 g/mol. The van der Waals surface area contributed by atoms with Gasteiger partial charge in [-0.15, -0.1) is 0 Å². The maximum absolute atomic E-state index is 12.1. The third kappa shape index (κ3) is 3.85. The number of benzene rings is 1. The van der Waals surface area contributed by atoms with Gasteiger partial charge in [-0.2, -0.15) is 0 Å². The Labute approximate surface area is 118 Å². The van der Waals surface area contributed by atoms with E-state index < -0.39 is 0 Å². The predicted octanol–water partition coefficient (Wildman–Crippen LogP) is 2.51. The van der Waals surface area contributed by atoms with E-state index in [0.29, 0.717) is 28.8 Å². The number of methoxy groups -OCH3 is 1. The van der Waals surface area contributed by atoms with Gasteiger partial charge in [0.05, 0.1) is 12.7 Å². The molecule has 19 heavy (non-hydrogen) atoms. The fraction of sp³-hybridized carbons (Fsp3) is 0.500. The van der Waals surface area contributed by atoms with Crippen LogP contribution < -0.4 is 10.1 Å². The number of amides is 1. The van der Waals surface area contributed by atoms with Crippen LogP contribution in [0.25, 0.3) is 0 Å². The zero-order chi connectivity index (χ0) is 13.7. The summed E-state index contributed by atoms with van der Waals surface area (Å²) in [5.74, 6) is 0.936. The maximum atomic E-state index is 12.1. The van der Waals surface area contributed by atoms with Crippen LogP contribution in [-0.2, 0) is 4.74 Å². The van der Waals surface area contributed by atoms with E-state index in [9.17, 15) is 4.79 Å². The molecule has 1 amide bonds. The summed E-state index contributed by atoms with van der Waals surface area (Å²) in [6.07, 6.45) is 2.02. The first-order valence-corrected chi connectivity index (χ1v) is 6.78. The Bertz CT molecular complexity index is 444. The van der Waals surface area contributed by atoms with Crippen LogP contribution in [-0.4, -0.2) is 32.8 Å². The van der Waals surface area contributed by atoms with Crippen LogP contribution in [0, 0.1) is 5.92 Å². The summed E-state index contributed by atoms with van der Waals surface area (Å²) in [4.78, 5) is 12.1. The second-order valence-electron chi connectivity index (χ2n) is 4.62. The summed E-state index contributed by atoms with van der Waals surface area (Å²) in [6, 6.07) is 5.02. The van der Waals surface area contributed by atoms with Crippen LogP contribution in [0.1, 0.15) is 23.2 Å². The quantitative estimate of drug-likeness (QED) is 0.903. The zero-order valence-electron chi connectivity index (χ0n) is 10.9. The fourth-order valence-corrected chi connectivity index (χ4v) is 2.33. The highest BCUT2D eigenvalue weighted by atomic mass is 35.5. The molecule has 1 aromatic rings. The Morgan fingerprint density at radius 3 is 3.11 bits per heavy atom. The summed E-state index contributed by atoms with van der Waals surface area (Å²) in [5, 5.41) is 3.42. The SMILES string of the molecule is COc1ccc(Cl)cc1C(=O)NCC[C@@H]1CCOC1. The van der Waals surface area contributed by atoms with Gasteiger partial charge in [-0.05, 0) is 37.0 Å². The molecule has 104 valence electrons. The van der Waals surface area contributed by atoms with Crippen molar-refractivity contribution in [2.75, 3.05) is 26.9 Å². The molecule has 1 N–H and O–H groups in total. The van der Waals surface area contributed by atoms with Gasteiger partial charge in [-0.1, -0.05) is 11.6 Å². The van der Waals surface area contributed by atoms with E-state index in [-0.39, 0.29) is 5.91 Å². The van der Waals surface area contributed by atoms with Gasteiger partial charge < -0.3 is 14.8 Å². The minimum Gasteiger partial charge on any atom is -0.496 e. The molecule has 1 aliphatic rings. The molecule has 4 nitrogen and oxygen atoms in total. The Balaban J connectivity index is 1.89. The van der Waals surface area contributed by atoms with Crippen molar-refractivity contribution in [3.05, 3.63) is 28.8 Å². The molecule has 1 aromatic carbocycles. The average molecular weight is 284 g/mol. The lowest BCUT2D eigenvalue weighted by atomic mass is 10.1. The average Bonchev–Trinajstić information content (AvgIpc) is 2.91. The zero-order valence-corrected chi connectivity index (χ0v) is 11.7. The molecule has 0 spiro atoms.